The summed E-state index contributed by atoms with van der Waals surface area (Å²) in [5, 5.41) is 3.28. The molecule has 0 aromatic heterocycles. The van der Waals surface area contributed by atoms with Crippen LogP contribution in [0.15, 0.2) is 24.3 Å². The second-order valence-electron chi connectivity index (χ2n) is 4.02. The van der Waals surface area contributed by atoms with Crippen LogP contribution in [0.25, 0.3) is 0 Å². The molecule has 1 aromatic carbocycles. The molecule has 1 aliphatic heterocycles. The third-order valence-electron chi connectivity index (χ3n) is 2.63. The lowest BCUT2D eigenvalue weighted by Gasteiger charge is -2.28. The Morgan fingerprint density at radius 1 is 1.40 bits per heavy atom. The Morgan fingerprint density at radius 2 is 2.20 bits per heavy atom. The van der Waals surface area contributed by atoms with Crippen LogP contribution in [0.3, 0.4) is 0 Å². The molecular formula is C12H16FNO. The predicted molar refractivity (Wildman–Crippen MR) is 57.3 cm³/mol. The molecule has 0 amide bonds. The van der Waals surface area contributed by atoms with Gasteiger partial charge in [-0.15, -0.1) is 0 Å². The summed E-state index contributed by atoms with van der Waals surface area (Å²) in [4.78, 5) is 0. The highest BCUT2D eigenvalue weighted by Gasteiger charge is 2.19. The van der Waals surface area contributed by atoms with Crippen LogP contribution in [0.2, 0.25) is 0 Å². The molecule has 82 valence electrons. The summed E-state index contributed by atoms with van der Waals surface area (Å²) in [7, 11) is 0. The normalized spacial score (nSPS) is 26.5. The first-order chi connectivity index (χ1) is 7.25. The fraction of sp³-hybridized carbons (Fsp3) is 0.500. The Morgan fingerprint density at radius 3 is 2.93 bits per heavy atom. The molecule has 0 aliphatic carbocycles. The van der Waals surface area contributed by atoms with Crippen molar-refractivity contribution in [2.24, 2.45) is 0 Å². The third-order valence-corrected chi connectivity index (χ3v) is 2.63. The van der Waals surface area contributed by atoms with Crippen molar-refractivity contribution in [3.05, 3.63) is 35.6 Å². The molecule has 1 aliphatic rings. The van der Waals surface area contributed by atoms with E-state index in [9.17, 15) is 4.39 Å². The van der Waals surface area contributed by atoms with E-state index < -0.39 is 0 Å². The lowest BCUT2D eigenvalue weighted by Crippen LogP contribution is -2.44. The Bertz CT molecular complexity index is 329. The molecule has 1 saturated heterocycles. The van der Waals surface area contributed by atoms with Crippen LogP contribution in [0.4, 0.5) is 4.39 Å². The minimum atomic E-state index is -0.140. The van der Waals surface area contributed by atoms with E-state index in [0.717, 1.165) is 18.7 Å². The lowest BCUT2D eigenvalue weighted by molar-refractivity contribution is -0.0266. The van der Waals surface area contributed by atoms with Gasteiger partial charge in [-0.1, -0.05) is 18.2 Å². The van der Waals surface area contributed by atoms with Crippen LogP contribution in [-0.2, 0) is 11.2 Å². The first kappa shape index (κ1) is 10.6. The fourth-order valence-electron chi connectivity index (χ4n) is 1.90. The van der Waals surface area contributed by atoms with Gasteiger partial charge in [-0.2, -0.15) is 0 Å². The number of rotatable bonds is 2. The Labute approximate surface area is 89.4 Å². The molecular weight excluding hydrogens is 193 g/mol. The number of benzene rings is 1. The molecule has 2 nitrogen and oxygen atoms in total. The maximum atomic E-state index is 13.4. The van der Waals surface area contributed by atoms with Crippen LogP contribution >= 0.6 is 0 Å². The quantitative estimate of drug-likeness (QED) is 0.801. The molecule has 3 heteroatoms. The molecule has 2 unspecified atom stereocenters. The zero-order chi connectivity index (χ0) is 10.7. The molecule has 0 bridgehead atoms. The SMILES string of the molecule is CC1CNCC(Cc2ccccc2F)O1. The second kappa shape index (κ2) is 4.73. The number of hydrogen-bond donors (Lipinski definition) is 1. The van der Waals surface area contributed by atoms with Gasteiger partial charge in [-0.05, 0) is 18.6 Å². The minimum Gasteiger partial charge on any atom is -0.372 e. The van der Waals surface area contributed by atoms with Crippen LogP contribution in [0, 0.1) is 5.82 Å². The van der Waals surface area contributed by atoms with Crippen molar-refractivity contribution in [1.82, 2.24) is 5.32 Å². The smallest absolute Gasteiger partial charge is 0.126 e. The predicted octanol–water partition coefficient (Wildman–Crippen LogP) is 1.75. The highest BCUT2D eigenvalue weighted by atomic mass is 19.1. The fourth-order valence-corrected chi connectivity index (χ4v) is 1.90. The van der Waals surface area contributed by atoms with Gasteiger partial charge < -0.3 is 10.1 Å². The molecule has 2 atom stereocenters. The van der Waals surface area contributed by atoms with Crippen LogP contribution in [0.5, 0.6) is 0 Å². The summed E-state index contributed by atoms with van der Waals surface area (Å²) >= 11 is 0. The lowest BCUT2D eigenvalue weighted by atomic mass is 10.1. The second-order valence-corrected chi connectivity index (χ2v) is 4.02. The van der Waals surface area contributed by atoms with Crippen molar-refractivity contribution >= 4 is 0 Å². The molecule has 1 aromatic rings. The zero-order valence-electron chi connectivity index (χ0n) is 8.87. The Hall–Kier alpha value is -0.930. The maximum Gasteiger partial charge on any atom is 0.126 e. The topological polar surface area (TPSA) is 21.3 Å². The van der Waals surface area contributed by atoms with E-state index in [-0.39, 0.29) is 18.0 Å². The maximum absolute atomic E-state index is 13.4. The summed E-state index contributed by atoms with van der Waals surface area (Å²) in [6.07, 6.45) is 0.950. The largest absolute Gasteiger partial charge is 0.372 e. The van der Waals surface area contributed by atoms with Gasteiger partial charge in [0.15, 0.2) is 0 Å². The highest BCUT2D eigenvalue weighted by Crippen LogP contribution is 2.13. The van der Waals surface area contributed by atoms with Crippen molar-refractivity contribution in [2.45, 2.75) is 25.6 Å². The number of ether oxygens (including phenoxy) is 1. The van der Waals surface area contributed by atoms with Crippen molar-refractivity contribution in [3.8, 4) is 0 Å². The molecule has 1 heterocycles. The van der Waals surface area contributed by atoms with E-state index in [0.29, 0.717) is 6.42 Å². The van der Waals surface area contributed by atoms with Gasteiger partial charge >= 0.3 is 0 Å². The molecule has 1 N–H and O–H groups in total. The van der Waals surface area contributed by atoms with Gasteiger partial charge in [0.2, 0.25) is 0 Å². The van der Waals surface area contributed by atoms with Gasteiger partial charge in [0.25, 0.3) is 0 Å². The van der Waals surface area contributed by atoms with E-state index in [2.05, 4.69) is 5.32 Å². The average Bonchev–Trinajstić information content (AvgIpc) is 2.22. The van der Waals surface area contributed by atoms with E-state index in [4.69, 9.17) is 4.74 Å². The monoisotopic (exact) mass is 209 g/mol. The van der Waals surface area contributed by atoms with Crippen molar-refractivity contribution in [2.75, 3.05) is 13.1 Å². The first-order valence-electron chi connectivity index (χ1n) is 5.35. The van der Waals surface area contributed by atoms with Gasteiger partial charge in [0.05, 0.1) is 12.2 Å². The number of hydrogen-bond acceptors (Lipinski definition) is 2. The third kappa shape index (κ3) is 2.76. The Kier molecular flexibility index (Phi) is 3.34. The average molecular weight is 209 g/mol. The number of halogens is 1. The van der Waals surface area contributed by atoms with E-state index >= 15 is 0 Å². The summed E-state index contributed by atoms with van der Waals surface area (Å²) in [5.41, 5.74) is 0.735. The van der Waals surface area contributed by atoms with Gasteiger partial charge in [-0.3, -0.25) is 0 Å². The molecule has 1 fully saturated rings. The minimum absolute atomic E-state index is 0.0886. The van der Waals surface area contributed by atoms with E-state index in [1.165, 1.54) is 6.07 Å². The molecule has 0 radical (unpaired) electrons. The highest BCUT2D eigenvalue weighted by molar-refractivity contribution is 5.18. The zero-order valence-corrected chi connectivity index (χ0v) is 8.87. The standard InChI is InChI=1S/C12H16FNO/c1-9-7-14-8-11(15-9)6-10-4-2-3-5-12(10)13/h2-5,9,11,14H,6-8H2,1H3. The molecule has 0 spiro atoms. The van der Waals surface area contributed by atoms with Crippen LogP contribution < -0.4 is 5.32 Å². The summed E-state index contributed by atoms with van der Waals surface area (Å²) < 4.78 is 19.1. The summed E-state index contributed by atoms with van der Waals surface area (Å²) in [6, 6.07) is 6.88. The number of morpholine rings is 1. The van der Waals surface area contributed by atoms with E-state index in [1.807, 2.05) is 19.1 Å². The van der Waals surface area contributed by atoms with Crippen LogP contribution in [0.1, 0.15) is 12.5 Å². The molecule has 0 saturated carbocycles. The van der Waals surface area contributed by atoms with Crippen molar-refractivity contribution in [3.63, 3.8) is 0 Å². The van der Waals surface area contributed by atoms with Crippen molar-refractivity contribution < 1.29 is 9.13 Å². The van der Waals surface area contributed by atoms with Crippen molar-refractivity contribution in [1.29, 1.82) is 0 Å². The summed E-state index contributed by atoms with van der Waals surface area (Å²) in [6.45, 7) is 3.72. The molecule has 15 heavy (non-hydrogen) atoms. The first-order valence-corrected chi connectivity index (χ1v) is 5.35. The van der Waals surface area contributed by atoms with Gasteiger partial charge in [0, 0.05) is 19.5 Å². The van der Waals surface area contributed by atoms with E-state index in [1.54, 1.807) is 6.07 Å². The Balaban J connectivity index is 1.99. The van der Waals surface area contributed by atoms with Crippen LogP contribution in [-0.4, -0.2) is 25.3 Å². The van der Waals surface area contributed by atoms with Gasteiger partial charge in [0.1, 0.15) is 5.82 Å². The molecule has 2 rings (SSSR count). The summed E-state index contributed by atoms with van der Waals surface area (Å²) in [5.74, 6) is -0.140. The van der Waals surface area contributed by atoms with Gasteiger partial charge in [-0.25, -0.2) is 4.39 Å². The number of nitrogens with one attached hydrogen (secondary N) is 1.